The van der Waals surface area contributed by atoms with Crippen LogP contribution in [0.5, 0.6) is 11.5 Å². The van der Waals surface area contributed by atoms with Crippen LogP contribution in [-0.2, 0) is 22.6 Å². The number of amides is 1. The number of esters is 1. The maximum Gasteiger partial charge on any atom is 0.309 e. The van der Waals surface area contributed by atoms with E-state index in [0.717, 1.165) is 29.0 Å². The third kappa shape index (κ3) is 5.01. The second-order valence-corrected chi connectivity index (χ2v) is 8.75. The van der Waals surface area contributed by atoms with Crippen LogP contribution in [0.15, 0.2) is 36.4 Å². The highest BCUT2D eigenvalue weighted by Gasteiger charge is 2.29. The predicted octanol–water partition coefficient (Wildman–Crippen LogP) is 4.66. The SMILES string of the molecule is CCOc1cc2c(cc1COC(=O)C1CCN(C(=O)c3ccc(Cl)cc3)CC1)OC(C)C2. The lowest BCUT2D eigenvalue weighted by Gasteiger charge is -2.31. The first-order valence-electron chi connectivity index (χ1n) is 11.1. The minimum atomic E-state index is -0.235. The number of hydrogen-bond acceptors (Lipinski definition) is 5. The summed E-state index contributed by atoms with van der Waals surface area (Å²) in [4.78, 5) is 27.1. The van der Waals surface area contributed by atoms with Gasteiger partial charge >= 0.3 is 5.97 Å². The molecular weight excluding hydrogens is 430 g/mol. The zero-order valence-electron chi connectivity index (χ0n) is 18.4. The van der Waals surface area contributed by atoms with Gasteiger partial charge < -0.3 is 19.1 Å². The molecule has 2 heterocycles. The molecular formula is C25H28ClNO5. The largest absolute Gasteiger partial charge is 0.493 e. The van der Waals surface area contributed by atoms with E-state index in [4.69, 9.17) is 25.8 Å². The number of ether oxygens (including phenoxy) is 3. The molecule has 0 N–H and O–H groups in total. The average molecular weight is 458 g/mol. The lowest BCUT2D eigenvalue weighted by molar-refractivity contribution is -0.151. The van der Waals surface area contributed by atoms with Crippen molar-refractivity contribution in [3.05, 3.63) is 58.1 Å². The van der Waals surface area contributed by atoms with E-state index < -0.39 is 0 Å². The fraction of sp³-hybridized carbons (Fsp3) is 0.440. The van der Waals surface area contributed by atoms with Crippen molar-refractivity contribution >= 4 is 23.5 Å². The van der Waals surface area contributed by atoms with Crippen LogP contribution in [0.2, 0.25) is 5.02 Å². The number of halogens is 1. The summed E-state index contributed by atoms with van der Waals surface area (Å²) in [7, 11) is 0. The summed E-state index contributed by atoms with van der Waals surface area (Å²) >= 11 is 5.90. The van der Waals surface area contributed by atoms with Gasteiger partial charge in [-0.3, -0.25) is 9.59 Å². The molecule has 0 saturated carbocycles. The van der Waals surface area contributed by atoms with Crippen LogP contribution >= 0.6 is 11.6 Å². The van der Waals surface area contributed by atoms with Crippen molar-refractivity contribution in [1.82, 2.24) is 4.90 Å². The Hall–Kier alpha value is -2.73. The van der Waals surface area contributed by atoms with Crippen molar-refractivity contribution in [3.63, 3.8) is 0 Å². The van der Waals surface area contributed by atoms with Crippen molar-refractivity contribution in [2.75, 3.05) is 19.7 Å². The van der Waals surface area contributed by atoms with Gasteiger partial charge in [-0.1, -0.05) is 11.6 Å². The first kappa shape index (κ1) is 22.5. The lowest BCUT2D eigenvalue weighted by Crippen LogP contribution is -2.40. The Bertz CT molecular complexity index is 983. The topological polar surface area (TPSA) is 65.1 Å². The van der Waals surface area contributed by atoms with Gasteiger partial charge in [-0.2, -0.15) is 0 Å². The fourth-order valence-electron chi connectivity index (χ4n) is 4.24. The molecule has 1 saturated heterocycles. The van der Waals surface area contributed by atoms with Crippen LogP contribution in [0.3, 0.4) is 0 Å². The normalized spacial score (nSPS) is 18.1. The first-order chi connectivity index (χ1) is 15.4. The maximum atomic E-state index is 12.7. The summed E-state index contributed by atoms with van der Waals surface area (Å²) in [5, 5.41) is 0.597. The Morgan fingerprint density at radius 3 is 2.56 bits per heavy atom. The zero-order valence-corrected chi connectivity index (χ0v) is 19.2. The molecule has 1 fully saturated rings. The summed E-state index contributed by atoms with van der Waals surface area (Å²) in [5.41, 5.74) is 2.53. The molecule has 32 heavy (non-hydrogen) atoms. The van der Waals surface area contributed by atoms with Crippen molar-refractivity contribution in [2.45, 2.75) is 45.8 Å². The van der Waals surface area contributed by atoms with E-state index in [2.05, 4.69) is 0 Å². The Labute approximate surface area is 193 Å². The van der Waals surface area contributed by atoms with Gasteiger partial charge in [0, 0.05) is 41.2 Å². The number of piperidine rings is 1. The minimum Gasteiger partial charge on any atom is -0.493 e. The molecule has 170 valence electrons. The van der Waals surface area contributed by atoms with Crippen molar-refractivity contribution in [3.8, 4) is 11.5 Å². The van der Waals surface area contributed by atoms with Gasteiger partial charge in [0.05, 0.1) is 12.5 Å². The number of hydrogen-bond donors (Lipinski definition) is 0. The molecule has 2 aromatic carbocycles. The molecule has 1 unspecified atom stereocenters. The van der Waals surface area contributed by atoms with Gasteiger partial charge in [0.2, 0.25) is 0 Å². The summed E-state index contributed by atoms with van der Waals surface area (Å²) < 4.78 is 17.2. The van der Waals surface area contributed by atoms with Gasteiger partial charge in [0.1, 0.15) is 24.2 Å². The molecule has 0 radical (unpaired) electrons. The van der Waals surface area contributed by atoms with Gasteiger partial charge in [-0.05, 0) is 63.1 Å². The van der Waals surface area contributed by atoms with E-state index in [0.29, 0.717) is 43.1 Å². The summed E-state index contributed by atoms with van der Waals surface area (Å²) in [6.45, 7) is 5.69. The molecule has 7 heteroatoms. The number of fused-ring (bicyclic) bond motifs is 1. The van der Waals surface area contributed by atoms with E-state index in [1.54, 1.807) is 29.2 Å². The van der Waals surface area contributed by atoms with Crippen molar-refractivity contribution in [1.29, 1.82) is 0 Å². The number of carbonyl (C=O) groups excluding carboxylic acids is 2. The molecule has 6 nitrogen and oxygen atoms in total. The average Bonchev–Trinajstić information content (AvgIpc) is 3.16. The van der Waals surface area contributed by atoms with Gasteiger partial charge in [-0.25, -0.2) is 0 Å². The van der Waals surface area contributed by atoms with Crippen LogP contribution in [0.4, 0.5) is 0 Å². The molecule has 1 amide bonds. The monoisotopic (exact) mass is 457 g/mol. The zero-order chi connectivity index (χ0) is 22.7. The standard InChI is InChI=1S/C25H28ClNO5/c1-3-30-22-13-19-12-16(2)32-23(19)14-20(22)15-31-25(29)18-8-10-27(11-9-18)24(28)17-4-6-21(26)7-5-17/h4-7,13-14,16,18H,3,8-12,15H2,1-2H3. The molecule has 0 aliphatic carbocycles. The quantitative estimate of drug-likeness (QED) is 0.590. The number of rotatable bonds is 6. The highest BCUT2D eigenvalue weighted by molar-refractivity contribution is 6.30. The number of carbonyl (C=O) groups is 2. The highest BCUT2D eigenvalue weighted by Crippen LogP contribution is 2.35. The summed E-state index contributed by atoms with van der Waals surface area (Å²) in [5.74, 6) is 1.08. The first-order valence-corrected chi connectivity index (χ1v) is 11.5. The molecule has 1 atom stereocenters. The minimum absolute atomic E-state index is 0.0396. The third-order valence-electron chi connectivity index (χ3n) is 5.96. The van der Waals surface area contributed by atoms with Gasteiger partial charge in [-0.15, -0.1) is 0 Å². The van der Waals surface area contributed by atoms with Crippen LogP contribution in [0.25, 0.3) is 0 Å². The Balaban J connectivity index is 1.32. The second-order valence-electron chi connectivity index (χ2n) is 8.31. The molecule has 0 aromatic heterocycles. The van der Waals surface area contributed by atoms with E-state index in [1.165, 1.54) is 0 Å². The molecule has 0 spiro atoms. The highest BCUT2D eigenvalue weighted by atomic mass is 35.5. The summed E-state index contributed by atoms with van der Waals surface area (Å²) in [6, 6.07) is 10.8. The van der Waals surface area contributed by atoms with Crippen molar-refractivity contribution in [2.24, 2.45) is 5.92 Å². The maximum absolute atomic E-state index is 12.7. The third-order valence-corrected chi connectivity index (χ3v) is 6.21. The van der Waals surface area contributed by atoms with E-state index in [1.807, 2.05) is 26.0 Å². The van der Waals surface area contributed by atoms with E-state index in [9.17, 15) is 9.59 Å². The predicted molar refractivity (Wildman–Crippen MR) is 121 cm³/mol. The van der Waals surface area contributed by atoms with Crippen LogP contribution < -0.4 is 9.47 Å². The molecule has 2 aliphatic rings. The Morgan fingerprint density at radius 1 is 1.16 bits per heavy atom. The Morgan fingerprint density at radius 2 is 1.88 bits per heavy atom. The van der Waals surface area contributed by atoms with Gasteiger partial charge in [0.15, 0.2) is 0 Å². The lowest BCUT2D eigenvalue weighted by atomic mass is 9.96. The van der Waals surface area contributed by atoms with Gasteiger partial charge in [0.25, 0.3) is 5.91 Å². The van der Waals surface area contributed by atoms with E-state index in [-0.39, 0.29) is 30.5 Å². The molecule has 0 bridgehead atoms. The Kier molecular flexibility index (Phi) is 6.89. The fourth-order valence-corrected chi connectivity index (χ4v) is 4.37. The van der Waals surface area contributed by atoms with E-state index >= 15 is 0 Å². The van der Waals surface area contributed by atoms with Crippen molar-refractivity contribution < 1.29 is 23.8 Å². The number of likely N-dealkylation sites (tertiary alicyclic amines) is 1. The summed E-state index contributed by atoms with van der Waals surface area (Å²) in [6.07, 6.45) is 2.16. The van der Waals surface area contributed by atoms with Crippen LogP contribution in [0, 0.1) is 5.92 Å². The number of benzene rings is 2. The number of nitrogens with zero attached hydrogens (tertiary/aromatic N) is 1. The smallest absolute Gasteiger partial charge is 0.309 e. The van der Waals surface area contributed by atoms with Crippen LogP contribution in [0.1, 0.15) is 48.2 Å². The molecule has 2 aromatic rings. The van der Waals surface area contributed by atoms with Crippen LogP contribution in [-0.4, -0.2) is 42.6 Å². The second kappa shape index (κ2) is 9.82. The molecule has 2 aliphatic heterocycles. The molecule has 4 rings (SSSR count).